The lowest BCUT2D eigenvalue weighted by molar-refractivity contribution is -0.115. The van der Waals surface area contributed by atoms with Gasteiger partial charge in [-0.1, -0.05) is 22.9 Å². The van der Waals surface area contributed by atoms with Crippen molar-refractivity contribution in [1.29, 1.82) is 0 Å². The molecular weight excluding hydrogens is 398 g/mol. The van der Waals surface area contributed by atoms with E-state index in [0.29, 0.717) is 28.0 Å². The Bertz CT molecular complexity index is 1150. The summed E-state index contributed by atoms with van der Waals surface area (Å²) < 4.78 is 0. The largest absolute Gasteiger partial charge is 0.324 e. The first-order valence-electron chi connectivity index (χ1n) is 8.94. The van der Waals surface area contributed by atoms with Gasteiger partial charge in [0.2, 0.25) is 5.91 Å². The molecule has 0 saturated heterocycles. The van der Waals surface area contributed by atoms with Crippen LogP contribution in [0.1, 0.15) is 34.9 Å². The van der Waals surface area contributed by atoms with Gasteiger partial charge < -0.3 is 16.0 Å². The predicted molar refractivity (Wildman–Crippen MR) is 111 cm³/mol. The molecule has 1 aliphatic carbocycles. The molecule has 1 aromatic carbocycles. The summed E-state index contributed by atoms with van der Waals surface area (Å²) in [5.41, 5.74) is 4.42. The molecule has 3 amide bonds. The Hall–Kier alpha value is -2.71. The number of carbonyl (C=O) groups excluding carboxylic acids is 2. The van der Waals surface area contributed by atoms with Crippen LogP contribution in [0.3, 0.4) is 0 Å². The van der Waals surface area contributed by atoms with Crippen molar-refractivity contribution < 1.29 is 9.59 Å². The van der Waals surface area contributed by atoms with Gasteiger partial charge in [-0.2, -0.15) is 0 Å². The third-order valence-corrected chi connectivity index (χ3v) is 5.95. The van der Waals surface area contributed by atoms with E-state index in [1.807, 2.05) is 6.92 Å². The van der Waals surface area contributed by atoms with Crippen LogP contribution in [0.15, 0.2) is 18.3 Å². The molecule has 7 nitrogen and oxygen atoms in total. The second-order valence-corrected chi connectivity index (χ2v) is 8.66. The van der Waals surface area contributed by atoms with E-state index in [9.17, 15) is 9.59 Å². The number of rotatable bonds is 3. The molecule has 28 heavy (non-hydrogen) atoms. The maximum Gasteiger partial charge on any atom is 0.323 e. The molecule has 0 unspecified atom stereocenters. The number of nitrogens with one attached hydrogen (secondary N) is 3. The van der Waals surface area contributed by atoms with Crippen LogP contribution in [-0.2, 0) is 11.2 Å². The van der Waals surface area contributed by atoms with Gasteiger partial charge in [-0.25, -0.2) is 14.8 Å². The van der Waals surface area contributed by atoms with Gasteiger partial charge in [0.05, 0.1) is 34.7 Å². The number of nitrogens with zero attached hydrogens (tertiary/aromatic N) is 2. The van der Waals surface area contributed by atoms with Gasteiger partial charge in [0.15, 0.2) is 0 Å². The van der Waals surface area contributed by atoms with Crippen LogP contribution in [0.5, 0.6) is 0 Å². The topological polar surface area (TPSA) is 96.0 Å². The SMILES string of the molecule is Cc1nc2c(C3CC3)c(NC(=O)Nc3cc(Cl)cc4c3NC(=O)C4)cnc2s1. The fourth-order valence-corrected chi connectivity index (χ4v) is 4.58. The number of hydrogen-bond acceptors (Lipinski definition) is 5. The number of benzene rings is 1. The minimum Gasteiger partial charge on any atom is -0.324 e. The van der Waals surface area contributed by atoms with E-state index < -0.39 is 6.03 Å². The van der Waals surface area contributed by atoms with Crippen molar-refractivity contribution >= 4 is 62.3 Å². The Labute approximate surface area is 169 Å². The van der Waals surface area contributed by atoms with E-state index in [4.69, 9.17) is 11.6 Å². The summed E-state index contributed by atoms with van der Waals surface area (Å²) in [6.45, 7) is 1.96. The van der Waals surface area contributed by atoms with Crippen LogP contribution in [0.4, 0.5) is 21.9 Å². The number of fused-ring (bicyclic) bond motifs is 2. The fourth-order valence-electron chi connectivity index (χ4n) is 3.57. The molecule has 9 heteroatoms. The molecule has 0 spiro atoms. The molecule has 1 aliphatic heterocycles. The van der Waals surface area contributed by atoms with E-state index in [2.05, 4.69) is 25.9 Å². The number of halogens is 1. The average molecular weight is 414 g/mol. The van der Waals surface area contributed by atoms with Crippen molar-refractivity contribution in [3.8, 4) is 0 Å². The van der Waals surface area contributed by atoms with E-state index in [1.54, 1.807) is 29.7 Å². The summed E-state index contributed by atoms with van der Waals surface area (Å²) in [4.78, 5) is 34.3. The molecule has 0 atom stereocenters. The highest BCUT2D eigenvalue weighted by molar-refractivity contribution is 7.18. The smallest absolute Gasteiger partial charge is 0.323 e. The standard InChI is InChI=1S/C19H16ClN5O2S/c1-8-22-17-15(9-2-3-9)13(7-21-18(17)28-8)24-19(27)23-12-6-11(20)4-10-5-14(26)25-16(10)12/h4,6-7,9H,2-3,5H2,1H3,(H,25,26)(H2,23,24,27). The third-order valence-electron chi connectivity index (χ3n) is 4.85. The molecule has 2 aromatic heterocycles. The molecule has 3 aromatic rings. The second-order valence-electron chi connectivity index (χ2n) is 7.04. The summed E-state index contributed by atoms with van der Waals surface area (Å²) in [6.07, 6.45) is 4.11. The lowest BCUT2D eigenvalue weighted by Gasteiger charge is -2.14. The van der Waals surface area contributed by atoms with E-state index in [0.717, 1.165) is 39.3 Å². The highest BCUT2D eigenvalue weighted by Gasteiger charge is 2.30. The molecule has 0 radical (unpaired) electrons. The van der Waals surface area contributed by atoms with Gasteiger partial charge in [-0.3, -0.25) is 4.79 Å². The number of carbonyl (C=O) groups is 2. The van der Waals surface area contributed by atoms with Crippen molar-refractivity contribution in [1.82, 2.24) is 9.97 Å². The Kier molecular flexibility index (Phi) is 3.99. The highest BCUT2D eigenvalue weighted by Crippen LogP contribution is 2.46. The van der Waals surface area contributed by atoms with Gasteiger partial charge in [-0.15, -0.1) is 0 Å². The van der Waals surface area contributed by atoms with Gasteiger partial charge in [0.1, 0.15) is 10.3 Å². The van der Waals surface area contributed by atoms with Crippen molar-refractivity contribution in [3.63, 3.8) is 0 Å². The molecule has 3 N–H and O–H groups in total. The number of aryl methyl sites for hydroxylation is 1. The Balaban J connectivity index is 1.44. The summed E-state index contributed by atoms with van der Waals surface area (Å²) in [6, 6.07) is 2.94. The fraction of sp³-hybridized carbons (Fsp3) is 0.263. The maximum atomic E-state index is 12.7. The number of anilines is 3. The number of thiazole rings is 1. The molecule has 0 bridgehead atoms. The summed E-state index contributed by atoms with van der Waals surface area (Å²) >= 11 is 7.69. The van der Waals surface area contributed by atoms with Crippen molar-refractivity contribution in [2.45, 2.75) is 32.1 Å². The first-order chi connectivity index (χ1) is 13.5. The zero-order chi connectivity index (χ0) is 19.4. The molecule has 1 saturated carbocycles. The maximum absolute atomic E-state index is 12.7. The van der Waals surface area contributed by atoms with E-state index >= 15 is 0 Å². The van der Waals surface area contributed by atoms with Crippen LogP contribution in [0.2, 0.25) is 5.02 Å². The lowest BCUT2D eigenvalue weighted by atomic mass is 10.1. The van der Waals surface area contributed by atoms with Gasteiger partial charge >= 0.3 is 6.03 Å². The van der Waals surface area contributed by atoms with Crippen molar-refractivity contribution in [2.75, 3.05) is 16.0 Å². The monoisotopic (exact) mass is 413 g/mol. The Morgan fingerprint density at radius 1 is 1.29 bits per heavy atom. The van der Waals surface area contributed by atoms with Crippen LogP contribution >= 0.6 is 22.9 Å². The number of aromatic nitrogens is 2. The van der Waals surface area contributed by atoms with Crippen LogP contribution < -0.4 is 16.0 Å². The molecule has 3 heterocycles. The van der Waals surface area contributed by atoms with Gasteiger partial charge in [0.25, 0.3) is 0 Å². The highest BCUT2D eigenvalue weighted by atomic mass is 35.5. The number of pyridine rings is 1. The van der Waals surface area contributed by atoms with E-state index in [1.165, 1.54) is 0 Å². The predicted octanol–water partition coefficient (Wildman–Crippen LogP) is 4.67. The van der Waals surface area contributed by atoms with Crippen LogP contribution in [0, 0.1) is 6.92 Å². The van der Waals surface area contributed by atoms with Crippen LogP contribution in [0.25, 0.3) is 10.3 Å². The number of urea groups is 1. The number of hydrogen-bond donors (Lipinski definition) is 3. The second kappa shape index (κ2) is 6.42. The molecule has 2 aliphatic rings. The third kappa shape index (κ3) is 3.08. The molecule has 5 rings (SSSR count). The Morgan fingerprint density at radius 3 is 2.86 bits per heavy atom. The minimum absolute atomic E-state index is 0.120. The van der Waals surface area contributed by atoms with Gasteiger partial charge in [-0.05, 0) is 43.4 Å². The lowest BCUT2D eigenvalue weighted by Crippen LogP contribution is -2.21. The summed E-state index contributed by atoms with van der Waals surface area (Å²) in [7, 11) is 0. The zero-order valence-corrected chi connectivity index (χ0v) is 16.5. The first kappa shape index (κ1) is 17.4. The minimum atomic E-state index is -0.416. The Morgan fingerprint density at radius 2 is 2.07 bits per heavy atom. The normalized spacial score (nSPS) is 15.4. The van der Waals surface area contributed by atoms with Crippen molar-refractivity contribution in [3.05, 3.63) is 39.5 Å². The summed E-state index contributed by atoms with van der Waals surface area (Å²) in [5, 5.41) is 9.88. The quantitative estimate of drug-likeness (QED) is 0.581. The molecular formula is C19H16ClN5O2S. The van der Waals surface area contributed by atoms with E-state index in [-0.39, 0.29) is 12.3 Å². The first-order valence-corrected chi connectivity index (χ1v) is 10.1. The summed E-state index contributed by atoms with van der Waals surface area (Å²) in [5.74, 6) is 0.280. The van der Waals surface area contributed by atoms with Crippen LogP contribution in [-0.4, -0.2) is 21.9 Å². The molecule has 142 valence electrons. The van der Waals surface area contributed by atoms with Gasteiger partial charge in [0, 0.05) is 10.6 Å². The zero-order valence-electron chi connectivity index (χ0n) is 14.9. The number of amides is 3. The average Bonchev–Trinajstić information content (AvgIpc) is 3.27. The molecule has 1 fully saturated rings. The van der Waals surface area contributed by atoms with Crippen molar-refractivity contribution in [2.24, 2.45) is 0 Å².